The first-order chi connectivity index (χ1) is 12.2. The second-order valence-corrected chi connectivity index (χ2v) is 7.23. The van der Waals surface area contributed by atoms with Crippen LogP contribution in [0.1, 0.15) is 32.6 Å². The van der Waals surface area contributed by atoms with Gasteiger partial charge in [-0.2, -0.15) is 0 Å². The number of carbonyl (C=O) groups is 1. The van der Waals surface area contributed by atoms with Crippen molar-refractivity contribution in [3.63, 3.8) is 0 Å². The molecule has 0 spiro atoms. The third-order valence-electron chi connectivity index (χ3n) is 5.50. The summed E-state index contributed by atoms with van der Waals surface area (Å²) in [5.41, 5.74) is 0. The van der Waals surface area contributed by atoms with Gasteiger partial charge < -0.3 is 14.4 Å². The predicted octanol–water partition coefficient (Wildman–Crippen LogP) is 2.80. The maximum atomic E-state index is 11.5. The standard InChI is InChI=1S/C20H30N2O3/c1-16(23)21-11-8-18(9-12-21)22-10-4-5-17(14-22)15-25-20-7-3-6-19(13-20)24-2/h3,6-7,13,17-18H,4-5,8-12,14-15H2,1-2H3/t17-/m0/s1. The molecule has 5 heteroatoms. The van der Waals surface area contributed by atoms with E-state index in [2.05, 4.69) is 4.90 Å². The molecule has 0 saturated carbocycles. The first-order valence-electron chi connectivity index (χ1n) is 9.42. The van der Waals surface area contributed by atoms with Crippen molar-refractivity contribution in [3.05, 3.63) is 24.3 Å². The van der Waals surface area contributed by atoms with Crippen molar-refractivity contribution in [2.75, 3.05) is 39.9 Å². The first kappa shape index (κ1) is 18.1. The Bertz CT molecular complexity index is 570. The molecule has 2 aliphatic rings. The molecular weight excluding hydrogens is 316 g/mol. The lowest BCUT2D eigenvalue weighted by Crippen LogP contribution is -2.49. The van der Waals surface area contributed by atoms with Gasteiger partial charge in [0.2, 0.25) is 5.91 Å². The van der Waals surface area contributed by atoms with E-state index in [1.807, 2.05) is 29.2 Å². The summed E-state index contributed by atoms with van der Waals surface area (Å²) in [7, 11) is 1.68. The van der Waals surface area contributed by atoms with Crippen LogP contribution in [0.15, 0.2) is 24.3 Å². The summed E-state index contributed by atoms with van der Waals surface area (Å²) in [6.45, 7) is 6.53. The Morgan fingerprint density at radius 2 is 1.92 bits per heavy atom. The molecule has 3 rings (SSSR count). The highest BCUT2D eigenvalue weighted by atomic mass is 16.5. The van der Waals surface area contributed by atoms with Gasteiger partial charge in [-0.3, -0.25) is 9.69 Å². The number of carbonyl (C=O) groups excluding carboxylic acids is 1. The van der Waals surface area contributed by atoms with Crippen LogP contribution in [0.2, 0.25) is 0 Å². The zero-order valence-electron chi connectivity index (χ0n) is 15.4. The third kappa shape index (κ3) is 4.88. The Labute approximate surface area is 150 Å². The zero-order chi connectivity index (χ0) is 17.6. The maximum absolute atomic E-state index is 11.5. The van der Waals surface area contributed by atoms with Gasteiger partial charge >= 0.3 is 0 Å². The fraction of sp³-hybridized carbons (Fsp3) is 0.650. The maximum Gasteiger partial charge on any atom is 0.219 e. The fourth-order valence-electron chi connectivity index (χ4n) is 4.02. The predicted molar refractivity (Wildman–Crippen MR) is 98.1 cm³/mol. The number of amides is 1. The minimum Gasteiger partial charge on any atom is -0.497 e. The van der Waals surface area contributed by atoms with E-state index in [1.54, 1.807) is 14.0 Å². The number of ether oxygens (including phenoxy) is 2. The zero-order valence-corrected chi connectivity index (χ0v) is 15.4. The van der Waals surface area contributed by atoms with Crippen LogP contribution in [0.25, 0.3) is 0 Å². The number of nitrogens with zero attached hydrogens (tertiary/aromatic N) is 2. The van der Waals surface area contributed by atoms with Gasteiger partial charge in [0.1, 0.15) is 11.5 Å². The smallest absolute Gasteiger partial charge is 0.219 e. The number of likely N-dealkylation sites (tertiary alicyclic amines) is 2. The average Bonchev–Trinajstić information content (AvgIpc) is 2.67. The van der Waals surface area contributed by atoms with Crippen molar-refractivity contribution in [1.82, 2.24) is 9.80 Å². The SMILES string of the molecule is COc1cccc(OC[C@H]2CCCN(C3CCN(C(C)=O)CC3)C2)c1. The van der Waals surface area contributed by atoms with Gasteiger partial charge in [0, 0.05) is 44.6 Å². The fourth-order valence-corrected chi connectivity index (χ4v) is 4.02. The molecule has 2 fully saturated rings. The van der Waals surface area contributed by atoms with E-state index >= 15 is 0 Å². The molecule has 1 amide bonds. The molecule has 2 saturated heterocycles. The molecule has 2 aliphatic heterocycles. The first-order valence-corrected chi connectivity index (χ1v) is 9.42. The van der Waals surface area contributed by atoms with E-state index in [9.17, 15) is 4.79 Å². The van der Waals surface area contributed by atoms with E-state index in [0.29, 0.717) is 12.0 Å². The van der Waals surface area contributed by atoms with Crippen LogP contribution in [0.4, 0.5) is 0 Å². The molecule has 1 atom stereocenters. The lowest BCUT2D eigenvalue weighted by molar-refractivity contribution is -0.130. The molecule has 2 heterocycles. The van der Waals surface area contributed by atoms with Crippen LogP contribution in [0, 0.1) is 5.92 Å². The van der Waals surface area contributed by atoms with E-state index in [1.165, 1.54) is 19.4 Å². The topological polar surface area (TPSA) is 42.0 Å². The highest BCUT2D eigenvalue weighted by Gasteiger charge is 2.29. The van der Waals surface area contributed by atoms with Crippen LogP contribution < -0.4 is 9.47 Å². The van der Waals surface area contributed by atoms with Gasteiger partial charge in [-0.1, -0.05) is 6.07 Å². The Kier molecular flexibility index (Phi) is 6.19. The summed E-state index contributed by atoms with van der Waals surface area (Å²) in [5.74, 6) is 2.50. The van der Waals surface area contributed by atoms with Gasteiger partial charge in [0.15, 0.2) is 0 Å². The van der Waals surface area contributed by atoms with Gasteiger partial charge in [-0.15, -0.1) is 0 Å². The lowest BCUT2D eigenvalue weighted by atomic mass is 9.94. The van der Waals surface area contributed by atoms with Crippen LogP contribution >= 0.6 is 0 Å². The van der Waals surface area contributed by atoms with Crippen LogP contribution in [0.3, 0.4) is 0 Å². The van der Waals surface area contributed by atoms with Crippen molar-refractivity contribution in [1.29, 1.82) is 0 Å². The van der Waals surface area contributed by atoms with Gasteiger partial charge in [-0.25, -0.2) is 0 Å². The van der Waals surface area contributed by atoms with Gasteiger partial charge in [-0.05, 0) is 44.4 Å². The summed E-state index contributed by atoms with van der Waals surface area (Å²) in [6, 6.07) is 8.45. The second kappa shape index (κ2) is 8.56. The minimum absolute atomic E-state index is 0.210. The van der Waals surface area contributed by atoms with Crippen molar-refractivity contribution in [2.24, 2.45) is 5.92 Å². The summed E-state index contributed by atoms with van der Waals surface area (Å²) < 4.78 is 11.3. The number of hydrogen-bond acceptors (Lipinski definition) is 4. The molecule has 0 radical (unpaired) electrons. The van der Waals surface area contributed by atoms with Crippen LogP contribution in [0.5, 0.6) is 11.5 Å². The molecule has 0 bridgehead atoms. The summed E-state index contributed by atoms with van der Waals surface area (Å²) >= 11 is 0. The van der Waals surface area contributed by atoms with E-state index < -0.39 is 0 Å². The summed E-state index contributed by atoms with van der Waals surface area (Å²) in [5, 5.41) is 0. The highest BCUT2D eigenvalue weighted by Crippen LogP contribution is 2.25. The van der Waals surface area contributed by atoms with E-state index in [-0.39, 0.29) is 5.91 Å². The molecule has 0 unspecified atom stereocenters. The number of hydrogen-bond donors (Lipinski definition) is 0. The monoisotopic (exact) mass is 346 g/mol. The van der Waals surface area contributed by atoms with Crippen LogP contribution in [-0.4, -0.2) is 61.6 Å². The van der Waals surface area contributed by atoms with Crippen molar-refractivity contribution in [3.8, 4) is 11.5 Å². The molecule has 5 nitrogen and oxygen atoms in total. The molecule has 138 valence electrons. The van der Waals surface area contributed by atoms with Crippen molar-refractivity contribution < 1.29 is 14.3 Å². The average molecular weight is 346 g/mol. The van der Waals surface area contributed by atoms with E-state index in [0.717, 1.165) is 50.6 Å². The highest BCUT2D eigenvalue weighted by molar-refractivity contribution is 5.73. The van der Waals surface area contributed by atoms with Gasteiger partial charge in [0.05, 0.1) is 13.7 Å². The molecule has 0 N–H and O–H groups in total. The lowest BCUT2D eigenvalue weighted by Gasteiger charge is -2.42. The molecule has 25 heavy (non-hydrogen) atoms. The summed E-state index contributed by atoms with van der Waals surface area (Å²) in [4.78, 5) is 16.1. The molecular formula is C20H30N2O3. The number of methoxy groups -OCH3 is 1. The third-order valence-corrected chi connectivity index (χ3v) is 5.50. The Morgan fingerprint density at radius 3 is 2.64 bits per heavy atom. The Morgan fingerprint density at radius 1 is 1.16 bits per heavy atom. The molecule has 1 aromatic carbocycles. The van der Waals surface area contributed by atoms with Gasteiger partial charge in [0.25, 0.3) is 0 Å². The van der Waals surface area contributed by atoms with Crippen LogP contribution in [-0.2, 0) is 4.79 Å². The second-order valence-electron chi connectivity index (χ2n) is 7.23. The van der Waals surface area contributed by atoms with Crippen molar-refractivity contribution in [2.45, 2.75) is 38.6 Å². The Balaban J connectivity index is 1.47. The number of benzene rings is 1. The van der Waals surface area contributed by atoms with Crippen molar-refractivity contribution >= 4 is 5.91 Å². The Hall–Kier alpha value is -1.75. The molecule has 1 aromatic rings. The normalized spacial score (nSPS) is 22.6. The quantitative estimate of drug-likeness (QED) is 0.822. The number of piperidine rings is 2. The molecule has 0 aliphatic carbocycles. The summed E-state index contributed by atoms with van der Waals surface area (Å²) in [6.07, 6.45) is 4.66. The van der Waals surface area contributed by atoms with E-state index in [4.69, 9.17) is 9.47 Å². The largest absolute Gasteiger partial charge is 0.497 e. The minimum atomic E-state index is 0.210. The number of rotatable bonds is 5. The molecule has 0 aromatic heterocycles.